The lowest BCUT2D eigenvalue weighted by Gasteiger charge is -2.20. The van der Waals surface area contributed by atoms with Gasteiger partial charge in [0, 0.05) is 25.7 Å². The minimum absolute atomic E-state index is 0.167. The summed E-state index contributed by atoms with van der Waals surface area (Å²) in [5.74, 6) is 1.52. The van der Waals surface area contributed by atoms with Crippen molar-refractivity contribution in [1.82, 2.24) is 0 Å². The molecule has 1 aliphatic heterocycles. The fourth-order valence-corrected chi connectivity index (χ4v) is 2.18. The third-order valence-electron chi connectivity index (χ3n) is 3.41. The molecule has 3 heteroatoms. The van der Waals surface area contributed by atoms with Crippen LogP contribution in [-0.4, -0.2) is 31.5 Å². The van der Waals surface area contributed by atoms with Crippen LogP contribution in [0, 0.1) is 18.8 Å². The highest BCUT2D eigenvalue weighted by molar-refractivity contribution is 5.31. The first kappa shape index (κ1) is 12.4. The molecule has 0 aliphatic carbocycles. The molecule has 0 saturated carbocycles. The third kappa shape index (κ3) is 3.20. The van der Waals surface area contributed by atoms with Crippen molar-refractivity contribution in [3.63, 3.8) is 0 Å². The molecule has 1 aromatic rings. The van der Waals surface area contributed by atoms with Crippen LogP contribution in [0.5, 0.6) is 5.75 Å². The molecule has 0 aromatic heterocycles. The highest BCUT2D eigenvalue weighted by Crippen LogP contribution is 2.24. The van der Waals surface area contributed by atoms with Gasteiger partial charge in [-0.05, 0) is 30.9 Å². The largest absolute Gasteiger partial charge is 0.493 e. The summed E-state index contributed by atoms with van der Waals surface area (Å²) in [5, 5.41) is 9.40. The minimum atomic E-state index is 0.167. The molecule has 94 valence electrons. The number of hydrogen-bond acceptors (Lipinski definition) is 3. The molecule has 1 aliphatic rings. The van der Waals surface area contributed by atoms with Crippen molar-refractivity contribution in [2.75, 3.05) is 26.4 Å². The zero-order chi connectivity index (χ0) is 12.1. The second-order valence-corrected chi connectivity index (χ2v) is 4.64. The quantitative estimate of drug-likeness (QED) is 0.850. The zero-order valence-electron chi connectivity index (χ0n) is 10.3. The van der Waals surface area contributed by atoms with E-state index < -0.39 is 0 Å². The molecule has 1 heterocycles. The Hall–Kier alpha value is -1.06. The van der Waals surface area contributed by atoms with Crippen molar-refractivity contribution in [1.29, 1.82) is 0 Å². The lowest BCUT2D eigenvalue weighted by Crippen LogP contribution is -2.25. The molecular weight excluding hydrogens is 216 g/mol. The predicted octanol–water partition coefficient (Wildman–Crippen LogP) is 2.02. The van der Waals surface area contributed by atoms with E-state index in [0.717, 1.165) is 30.9 Å². The summed E-state index contributed by atoms with van der Waals surface area (Å²) in [4.78, 5) is 0. The molecule has 0 bridgehead atoms. The number of ether oxygens (including phenoxy) is 2. The number of aliphatic hydroxyl groups is 1. The summed E-state index contributed by atoms with van der Waals surface area (Å²) in [6, 6.07) is 7.96. The maximum absolute atomic E-state index is 9.40. The lowest BCUT2D eigenvalue weighted by atomic mass is 9.93. The molecule has 1 saturated heterocycles. The first-order chi connectivity index (χ1) is 8.31. The Morgan fingerprint density at radius 1 is 1.47 bits per heavy atom. The van der Waals surface area contributed by atoms with Gasteiger partial charge in [-0.3, -0.25) is 0 Å². The summed E-state index contributed by atoms with van der Waals surface area (Å²) in [5.41, 5.74) is 1.13. The van der Waals surface area contributed by atoms with Crippen molar-refractivity contribution >= 4 is 0 Å². The highest BCUT2D eigenvalue weighted by Gasteiger charge is 2.25. The Bertz CT molecular complexity index is 345. The van der Waals surface area contributed by atoms with Gasteiger partial charge in [-0.1, -0.05) is 18.2 Å². The fourth-order valence-electron chi connectivity index (χ4n) is 2.18. The van der Waals surface area contributed by atoms with Gasteiger partial charge in [0.05, 0.1) is 6.61 Å². The van der Waals surface area contributed by atoms with E-state index in [9.17, 15) is 5.11 Å². The number of para-hydroxylation sites is 1. The van der Waals surface area contributed by atoms with Crippen LogP contribution in [0.25, 0.3) is 0 Å². The van der Waals surface area contributed by atoms with Crippen LogP contribution in [0.4, 0.5) is 0 Å². The summed E-state index contributed by atoms with van der Waals surface area (Å²) in [6.45, 7) is 4.32. The van der Waals surface area contributed by atoms with Gasteiger partial charge >= 0.3 is 0 Å². The van der Waals surface area contributed by atoms with Crippen molar-refractivity contribution < 1.29 is 14.6 Å². The summed E-state index contributed by atoms with van der Waals surface area (Å²) < 4.78 is 11.1. The Kier molecular flexibility index (Phi) is 4.40. The normalized spacial score (nSPS) is 21.4. The maximum atomic E-state index is 9.40. The van der Waals surface area contributed by atoms with Crippen LogP contribution in [0.15, 0.2) is 24.3 Å². The molecular formula is C14H20O3. The van der Waals surface area contributed by atoms with Crippen LogP contribution in [-0.2, 0) is 4.74 Å². The van der Waals surface area contributed by atoms with Crippen molar-refractivity contribution in [3.8, 4) is 5.75 Å². The standard InChI is InChI=1S/C14H20O3/c1-11-4-2-3-5-14(11)17-10-13(8-15)12-6-7-16-9-12/h2-5,12-13,15H,6-10H2,1H3. The number of hydrogen-bond donors (Lipinski definition) is 1. The Balaban J connectivity index is 1.89. The summed E-state index contributed by atoms with van der Waals surface area (Å²) in [7, 11) is 0. The van der Waals surface area contributed by atoms with Crippen LogP contribution >= 0.6 is 0 Å². The average Bonchev–Trinajstić information content (AvgIpc) is 2.86. The van der Waals surface area contributed by atoms with Gasteiger partial charge in [-0.25, -0.2) is 0 Å². The van der Waals surface area contributed by atoms with Crippen molar-refractivity contribution in [2.24, 2.45) is 11.8 Å². The lowest BCUT2D eigenvalue weighted by molar-refractivity contribution is 0.102. The Morgan fingerprint density at radius 3 is 2.94 bits per heavy atom. The van der Waals surface area contributed by atoms with Crippen LogP contribution < -0.4 is 4.74 Å². The molecule has 1 aromatic carbocycles. The Morgan fingerprint density at radius 2 is 2.29 bits per heavy atom. The first-order valence-corrected chi connectivity index (χ1v) is 6.18. The molecule has 0 radical (unpaired) electrons. The molecule has 2 unspecified atom stereocenters. The van der Waals surface area contributed by atoms with E-state index in [-0.39, 0.29) is 12.5 Å². The van der Waals surface area contributed by atoms with E-state index in [0.29, 0.717) is 12.5 Å². The van der Waals surface area contributed by atoms with Crippen LogP contribution in [0.1, 0.15) is 12.0 Å². The van der Waals surface area contributed by atoms with Gasteiger partial charge in [-0.2, -0.15) is 0 Å². The number of benzene rings is 1. The highest BCUT2D eigenvalue weighted by atomic mass is 16.5. The van der Waals surface area contributed by atoms with E-state index in [1.54, 1.807) is 0 Å². The number of rotatable bonds is 5. The molecule has 17 heavy (non-hydrogen) atoms. The summed E-state index contributed by atoms with van der Waals surface area (Å²) >= 11 is 0. The predicted molar refractivity (Wildman–Crippen MR) is 66.2 cm³/mol. The monoisotopic (exact) mass is 236 g/mol. The van der Waals surface area contributed by atoms with E-state index in [1.807, 2.05) is 31.2 Å². The molecule has 3 nitrogen and oxygen atoms in total. The van der Waals surface area contributed by atoms with Gasteiger partial charge in [0.2, 0.25) is 0 Å². The topological polar surface area (TPSA) is 38.7 Å². The second-order valence-electron chi connectivity index (χ2n) is 4.64. The molecule has 0 spiro atoms. The molecule has 2 rings (SSSR count). The Labute approximate surface area is 102 Å². The first-order valence-electron chi connectivity index (χ1n) is 6.18. The van der Waals surface area contributed by atoms with Crippen molar-refractivity contribution in [3.05, 3.63) is 29.8 Å². The molecule has 1 N–H and O–H groups in total. The van der Waals surface area contributed by atoms with Gasteiger partial charge in [0.15, 0.2) is 0 Å². The second kappa shape index (κ2) is 6.03. The average molecular weight is 236 g/mol. The summed E-state index contributed by atoms with van der Waals surface area (Å²) in [6.07, 6.45) is 1.03. The smallest absolute Gasteiger partial charge is 0.122 e. The number of aryl methyl sites for hydroxylation is 1. The zero-order valence-corrected chi connectivity index (χ0v) is 10.3. The van der Waals surface area contributed by atoms with Gasteiger partial charge in [0.25, 0.3) is 0 Å². The molecule has 0 amide bonds. The van der Waals surface area contributed by atoms with Gasteiger partial charge in [0.1, 0.15) is 5.75 Å². The fraction of sp³-hybridized carbons (Fsp3) is 0.571. The van der Waals surface area contributed by atoms with E-state index in [2.05, 4.69) is 0 Å². The SMILES string of the molecule is Cc1ccccc1OCC(CO)C1CCOC1. The van der Waals surface area contributed by atoms with Gasteiger partial charge < -0.3 is 14.6 Å². The van der Waals surface area contributed by atoms with E-state index in [1.165, 1.54) is 0 Å². The maximum Gasteiger partial charge on any atom is 0.122 e. The van der Waals surface area contributed by atoms with Crippen LogP contribution in [0.3, 0.4) is 0 Å². The van der Waals surface area contributed by atoms with E-state index >= 15 is 0 Å². The third-order valence-corrected chi connectivity index (χ3v) is 3.41. The van der Waals surface area contributed by atoms with Crippen LogP contribution in [0.2, 0.25) is 0 Å². The molecule has 1 fully saturated rings. The van der Waals surface area contributed by atoms with Gasteiger partial charge in [-0.15, -0.1) is 0 Å². The van der Waals surface area contributed by atoms with Crippen molar-refractivity contribution in [2.45, 2.75) is 13.3 Å². The minimum Gasteiger partial charge on any atom is -0.493 e. The molecule has 2 atom stereocenters. The number of aliphatic hydroxyl groups excluding tert-OH is 1. The van der Waals surface area contributed by atoms with E-state index in [4.69, 9.17) is 9.47 Å².